The monoisotopic (exact) mass is 287 g/mol. The van der Waals surface area contributed by atoms with Gasteiger partial charge in [-0.15, -0.1) is 0 Å². The van der Waals surface area contributed by atoms with E-state index in [-0.39, 0.29) is 11.9 Å². The highest BCUT2D eigenvalue weighted by molar-refractivity contribution is 6.39. The van der Waals surface area contributed by atoms with Gasteiger partial charge in [0.2, 0.25) is 5.91 Å². The SMILES string of the molecule is NC1CN(CCC(=O)Nc2c(Cl)cccc2Cl)C1. The van der Waals surface area contributed by atoms with Gasteiger partial charge in [-0.25, -0.2) is 0 Å². The number of amides is 1. The van der Waals surface area contributed by atoms with Crippen LogP contribution < -0.4 is 11.1 Å². The van der Waals surface area contributed by atoms with Crippen molar-refractivity contribution in [3.8, 4) is 0 Å². The van der Waals surface area contributed by atoms with Crippen LogP contribution in [0.25, 0.3) is 0 Å². The van der Waals surface area contributed by atoms with Crippen molar-refractivity contribution < 1.29 is 4.79 Å². The van der Waals surface area contributed by atoms with Gasteiger partial charge in [0.15, 0.2) is 0 Å². The molecule has 0 radical (unpaired) electrons. The molecule has 4 nitrogen and oxygen atoms in total. The predicted octanol–water partition coefficient (Wildman–Crippen LogP) is 1.96. The van der Waals surface area contributed by atoms with E-state index in [0.717, 1.165) is 13.1 Å². The van der Waals surface area contributed by atoms with E-state index in [4.69, 9.17) is 28.9 Å². The van der Waals surface area contributed by atoms with Crippen molar-refractivity contribution >= 4 is 34.8 Å². The van der Waals surface area contributed by atoms with E-state index in [1.54, 1.807) is 18.2 Å². The van der Waals surface area contributed by atoms with Crippen molar-refractivity contribution in [1.82, 2.24) is 4.90 Å². The maximum atomic E-state index is 11.8. The zero-order valence-corrected chi connectivity index (χ0v) is 11.3. The lowest BCUT2D eigenvalue weighted by Crippen LogP contribution is -2.56. The van der Waals surface area contributed by atoms with Crippen LogP contribution in [-0.2, 0) is 4.79 Å². The van der Waals surface area contributed by atoms with Gasteiger partial charge in [0.1, 0.15) is 0 Å². The Kier molecular flexibility index (Phi) is 4.45. The van der Waals surface area contributed by atoms with Crippen LogP contribution in [0.15, 0.2) is 18.2 Å². The third-order valence-electron chi connectivity index (χ3n) is 2.87. The first-order valence-electron chi connectivity index (χ1n) is 5.78. The molecule has 0 aromatic heterocycles. The third-order valence-corrected chi connectivity index (χ3v) is 3.50. The number of benzene rings is 1. The van der Waals surface area contributed by atoms with Crippen LogP contribution in [0.3, 0.4) is 0 Å². The first-order valence-corrected chi connectivity index (χ1v) is 6.53. The molecule has 3 N–H and O–H groups in total. The van der Waals surface area contributed by atoms with E-state index in [0.29, 0.717) is 28.7 Å². The fourth-order valence-corrected chi connectivity index (χ4v) is 2.36. The molecule has 98 valence electrons. The van der Waals surface area contributed by atoms with Crippen LogP contribution in [0.5, 0.6) is 0 Å². The number of carbonyl (C=O) groups excluding carboxylic acids is 1. The second kappa shape index (κ2) is 5.89. The number of para-hydroxylation sites is 1. The van der Waals surface area contributed by atoms with Crippen molar-refractivity contribution in [2.45, 2.75) is 12.5 Å². The van der Waals surface area contributed by atoms with Crippen LogP contribution in [0.2, 0.25) is 10.0 Å². The molecule has 0 saturated carbocycles. The number of anilines is 1. The van der Waals surface area contributed by atoms with Gasteiger partial charge in [-0.05, 0) is 12.1 Å². The number of hydrogen-bond donors (Lipinski definition) is 2. The number of nitrogens with one attached hydrogen (secondary N) is 1. The predicted molar refractivity (Wildman–Crippen MR) is 74.1 cm³/mol. The van der Waals surface area contributed by atoms with Crippen molar-refractivity contribution in [2.75, 3.05) is 25.0 Å². The minimum Gasteiger partial charge on any atom is -0.325 e. The van der Waals surface area contributed by atoms with E-state index in [2.05, 4.69) is 10.2 Å². The van der Waals surface area contributed by atoms with Gasteiger partial charge in [-0.2, -0.15) is 0 Å². The summed E-state index contributed by atoms with van der Waals surface area (Å²) in [6.45, 7) is 2.43. The molecule has 1 amide bonds. The van der Waals surface area contributed by atoms with Gasteiger partial charge in [0.05, 0.1) is 15.7 Å². The number of rotatable bonds is 4. The Labute approximate surface area is 116 Å². The van der Waals surface area contributed by atoms with Gasteiger partial charge in [-0.1, -0.05) is 29.3 Å². The number of nitrogens with zero attached hydrogens (tertiary/aromatic N) is 1. The summed E-state index contributed by atoms with van der Waals surface area (Å²) in [5, 5.41) is 3.62. The maximum Gasteiger partial charge on any atom is 0.225 e. The summed E-state index contributed by atoms with van der Waals surface area (Å²) in [6.07, 6.45) is 0.411. The van der Waals surface area contributed by atoms with Crippen molar-refractivity contribution in [2.24, 2.45) is 5.73 Å². The maximum absolute atomic E-state index is 11.8. The molecule has 1 heterocycles. The second-order valence-corrected chi connectivity index (χ2v) is 5.23. The third kappa shape index (κ3) is 3.36. The second-order valence-electron chi connectivity index (χ2n) is 4.41. The topological polar surface area (TPSA) is 58.4 Å². The molecular weight excluding hydrogens is 273 g/mol. The zero-order valence-electron chi connectivity index (χ0n) is 9.83. The number of nitrogens with two attached hydrogens (primary N) is 1. The largest absolute Gasteiger partial charge is 0.325 e. The van der Waals surface area contributed by atoms with Gasteiger partial charge < -0.3 is 11.1 Å². The Morgan fingerprint density at radius 1 is 1.39 bits per heavy atom. The quantitative estimate of drug-likeness (QED) is 0.890. The van der Waals surface area contributed by atoms with Crippen molar-refractivity contribution in [1.29, 1.82) is 0 Å². The van der Waals surface area contributed by atoms with E-state index in [1.165, 1.54) is 0 Å². The lowest BCUT2D eigenvalue weighted by molar-refractivity contribution is -0.116. The average molecular weight is 288 g/mol. The van der Waals surface area contributed by atoms with Crippen LogP contribution in [0.4, 0.5) is 5.69 Å². The van der Waals surface area contributed by atoms with Gasteiger partial charge >= 0.3 is 0 Å². The Hall–Kier alpha value is -0.810. The van der Waals surface area contributed by atoms with Crippen LogP contribution in [0.1, 0.15) is 6.42 Å². The van der Waals surface area contributed by atoms with Gasteiger partial charge in [0, 0.05) is 32.1 Å². The molecule has 1 aromatic carbocycles. The fraction of sp³-hybridized carbons (Fsp3) is 0.417. The Morgan fingerprint density at radius 3 is 2.56 bits per heavy atom. The Morgan fingerprint density at radius 2 is 2.00 bits per heavy atom. The van der Waals surface area contributed by atoms with Crippen molar-refractivity contribution in [3.05, 3.63) is 28.2 Å². The molecule has 0 spiro atoms. The van der Waals surface area contributed by atoms with E-state index in [1.807, 2.05) is 0 Å². The zero-order chi connectivity index (χ0) is 13.1. The Balaban J connectivity index is 1.83. The molecule has 0 unspecified atom stereocenters. The molecule has 0 atom stereocenters. The summed E-state index contributed by atoms with van der Waals surface area (Å²) in [5.74, 6) is -0.0922. The fourth-order valence-electron chi connectivity index (χ4n) is 1.87. The lowest BCUT2D eigenvalue weighted by Gasteiger charge is -2.36. The highest BCUT2D eigenvalue weighted by Crippen LogP contribution is 2.29. The average Bonchev–Trinajstić information content (AvgIpc) is 2.28. The van der Waals surface area contributed by atoms with Gasteiger partial charge in [0.25, 0.3) is 0 Å². The first kappa shape index (κ1) is 13.6. The summed E-state index contributed by atoms with van der Waals surface area (Å²) in [4.78, 5) is 13.9. The summed E-state index contributed by atoms with van der Waals surface area (Å²) >= 11 is 11.9. The number of carbonyl (C=O) groups is 1. The molecule has 1 saturated heterocycles. The minimum absolute atomic E-state index is 0.0922. The molecule has 18 heavy (non-hydrogen) atoms. The molecule has 1 aromatic rings. The number of halogens is 2. The molecule has 6 heteroatoms. The number of likely N-dealkylation sites (tertiary alicyclic amines) is 1. The summed E-state index contributed by atoms with van der Waals surface area (Å²) in [7, 11) is 0. The van der Waals surface area contributed by atoms with Crippen LogP contribution in [-0.4, -0.2) is 36.5 Å². The normalized spacial score (nSPS) is 16.4. The molecule has 0 aliphatic carbocycles. The summed E-state index contributed by atoms with van der Waals surface area (Å²) in [5.41, 5.74) is 6.14. The van der Waals surface area contributed by atoms with Crippen LogP contribution >= 0.6 is 23.2 Å². The highest BCUT2D eigenvalue weighted by Gasteiger charge is 2.23. The summed E-state index contributed by atoms with van der Waals surface area (Å²) in [6, 6.07) is 5.38. The standard InChI is InChI=1S/C12H15Cl2N3O/c13-9-2-1-3-10(14)12(9)16-11(18)4-5-17-6-8(15)7-17/h1-3,8H,4-7,15H2,(H,16,18). The van der Waals surface area contributed by atoms with E-state index < -0.39 is 0 Å². The van der Waals surface area contributed by atoms with E-state index >= 15 is 0 Å². The Bertz CT molecular complexity index is 427. The summed E-state index contributed by atoms with van der Waals surface area (Å²) < 4.78 is 0. The molecule has 1 fully saturated rings. The van der Waals surface area contributed by atoms with Gasteiger partial charge in [-0.3, -0.25) is 9.69 Å². The molecule has 1 aliphatic heterocycles. The first-order chi connectivity index (χ1) is 8.56. The number of hydrogen-bond acceptors (Lipinski definition) is 3. The lowest BCUT2D eigenvalue weighted by atomic mass is 10.1. The highest BCUT2D eigenvalue weighted by atomic mass is 35.5. The van der Waals surface area contributed by atoms with Crippen molar-refractivity contribution in [3.63, 3.8) is 0 Å². The molecule has 1 aliphatic rings. The minimum atomic E-state index is -0.0922. The molecule has 2 rings (SSSR count). The molecular formula is C12H15Cl2N3O. The smallest absolute Gasteiger partial charge is 0.225 e. The molecule has 0 bridgehead atoms. The van der Waals surface area contributed by atoms with E-state index in [9.17, 15) is 4.79 Å². The van der Waals surface area contributed by atoms with Crippen LogP contribution in [0, 0.1) is 0 Å².